The first-order valence-electron chi connectivity index (χ1n) is 7.41. The molecule has 24 heavy (non-hydrogen) atoms. The number of ether oxygens (including phenoxy) is 1. The van der Waals surface area contributed by atoms with E-state index in [-0.39, 0.29) is 24.8 Å². The normalized spacial score (nSPS) is 10.2. The first-order chi connectivity index (χ1) is 11.6. The molecule has 0 aliphatic heterocycles. The van der Waals surface area contributed by atoms with Gasteiger partial charge in [-0.15, -0.1) is 11.8 Å². The molecule has 0 heterocycles. The van der Waals surface area contributed by atoms with E-state index in [2.05, 4.69) is 5.32 Å². The molecule has 1 amide bonds. The number of thioether (sulfide) groups is 1. The number of amides is 1. The van der Waals surface area contributed by atoms with Gasteiger partial charge in [0.05, 0.1) is 5.69 Å². The average Bonchev–Trinajstić information content (AvgIpc) is 2.60. The third-order valence-electron chi connectivity index (χ3n) is 3.28. The molecule has 0 aromatic heterocycles. The van der Waals surface area contributed by atoms with Crippen LogP contribution >= 0.6 is 11.8 Å². The van der Waals surface area contributed by atoms with Gasteiger partial charge in [-0.25, -0.2) is 4.39 Å². The minimum absolute atomic E-state index is 0.139. The van der Waals surface area contributed by atoms with E-state index < -0.39 is 5.97 Å². The van der Waals surface area contributed by atoms with Crippen molar-refractivity contribution in [1.82, 2.24) is 0 Å². The second-order valence-corrected chi connectivity index (χ2v) is 5.88. The van der Waals surface area contributed by atoms with Crippen LogP contribution in [0.5, 0.6) is 0 Å². The Morgan fingerprint density at radius 1 is 1.12 bits per heavy atom. The summed E-state index contributed by atoms with van der Waals surface area (Å²) in [6.07, 6.45) is 2.50. The van der Waals surface area contributed by atoms with E-state index in [4.69, 9.17) is 4.74 Å². The lowest BCUT2D eigenvalue weighted by molar-refractivity contribution is -0.147. The molecule has 6 heteroatoms. The van der Waals surface area contributed by atoms with Crippen LogP contribution in [0.4, 0.5) is 10.1 Å². The zero-order valence-electron chi connectivity index (χ0n) is 13.3. The molecule has 0 aliphatic carbocycles. The van der Waals surface area contributed by atoms with Crippen molar-refractivity contribution in [1.29, 1.82) is 0 Å². The molecule has 0 unspecified atom stereocenters. The average molecular weight is 347 g/mol. The molecule has 0 radical (unpaired) electrons. The molecule has 126 valence electrons. The van der Waals surface area contributed by atoms with Crippen LogP contribution in [-0.4, -0.2) is 24.7 Å². The molecule has 0 bridgehead atoms. The smallest absolute Gasteiger partial charge is 0.306 e. The van der Waals surface area contributed by atoms with Crippen molar-refractivity contribution >= 4 is 29.3 Å². The Hall–Kier alpha value is -2.34. The molecular formula is C18H18FNO3S. The molecule has 0 fully saturated rings. The lowest BCUT2D eigenvalue weighted by Gasteiger charge is -2.09. The van der Waals surface area contributed by atoms with Crippen LogP contribution in [0.2, 0.25) is 0 Å². The van der Waals surface area contributed by atoms with Crippen LogP contribution in [0.25, 0.3) is 0 Å². The predicted octanol–water partition coefficient (Wildman–Crippen LogP) is 3.66. The second kappa shape index (κ2) is 9.08. The summed E-state index contributed by atoms with van der Waals surface area (Å²) in [6.45, 7) is -0.328. The highest BCUT2D eigenvalue weighted by atomic mass is 32.2. The van der Waals surface area contributed by atoms with Gasteiger partial charge in [-0.2, -0.15) is 0 Å². The zero-order chi connectivity index (χ0) is 17.4. The number of hydrogen-bond donors (Lipinski definition) is 1. The lowest BCUT2D eigenvalue weighted by atomic mass is 10.1. The Morgan fingerprint density at radius 2 is 1.83 bits per heavy atom. The molecule has 0 spiro atoms. The van der Waals surface area contributed by atoms with Crippen molar-refractivity contribution in [2.45, 2.75) is 17.7 Å². The van der Waals surface area contributed by atoms with Crippen LogP contribution in [0, 0.1) is 5.82 Å². The maximum absolute atomic E-state index is 12.8. The van der Waals surface area contributed by atoms with Crippen molar-refractivity contribution in [3.05, 3.63) is 59.9 Å². The number of nitrogens with one attached hydrogen (secondary N) is 1. The van der Waals surface area contributed by atoms with Gasteiger partial charge < -0.3 is 10.1 Å². The standard InChI is InChI=1S/C18H18FNO3S/c1-24-16-5-3-2-4-15(16)20-17(21)12-23-18(22)11-8-13-6-9-14(19)10-7-13/h2-7,9-10H,8,11-12H2,1H3,(H,20,21). The summed E-state index contributed by atoms with van der Waals surface area (Å²) in [5.41, 5.74) is 1.53. The van der Waals surface area contributed by atoms with Gasteiger partial charge >= 0.3 is 5.97 Å². The van der Waals surface area contributed by atoms with Crippen LogP contribution in [0.3, 0.4) is 0 Å². The van der Waals surface area contributed by atoms with Gasteiger partial charge in [-0.3, -0.25) is 9.59 Å². The van der Waals surface area contributed by atoms with Crippen LogP contribution in [0.1, 0.15) is 12.0 Å². The number of para-hydroxylation sites is 1. The van der Waals surface area contributed by atoms with Crippen LogP contribution < -0.4 is 5.32 Å². The van der Waals surface area contributed by atoms with Gasteiger partial charge in [0.25, 0.3) is 5.91 Å². The first kappa shape index (κ1) is 18.0. The van der Waals surface area contributed by atoms with E-state index in [1.165, 1.54) is 23.9 Å². The van der Waals surface area contributed by atoms with Crippen LogP contribution in [0.15, 0.2) is 53.4 Å². The van der Waals surface area contributed by atoms with Crippen molar-refractivity contribution < 1.29 is 18.7 Å². The van der Waals surface area contributed by atoms with Crippen LogP contribution in [-0.2, 0) is 20.7 Å². The fraction of sp³-hybridized carbons (Fsp3) is 0.222. The number of aryl methyl sites for hydroxylation is 1. The highest BCUT2D eigenvalue weighted by molar-refractivity contribution is 7.98. The molecule has 4 nitrogen and oxygen atoms in total. The zero-order valence-corrected chi connectivity index (χ0v) is 14.1. The number of halogens is 1. The van der Waals surface area contributed by atoms with Crippen molar-refractivity contribution in [3.63, 3.8) is 0 Å². The number of carbonyl (C=O) groups is 2. The second-order valence-electron chi connectivity index (χ2n) is 5.04. The number of anilines is 1. The minimum atomic E-state index is -0.465. The van der Waals surface area contributed by atoms with Crippen molar-refractivity contribution in [2.75, 3.05) is 18.2 Å². The summed E-state index contributed by atoms with van der Waals surface area (Å²) in [7, 11) is 0. The maximum atomic E-state index is 12.8. The first-order valence-corrected chi connectivity index (χ1v) is 8.64. The summed E-state index contributed by atoms with van der Waals surface area (Å²) < 4.78 is 17.8. The van der Waals surface area contributed by atoms with E-state index in [1.807, 2.05) is 24.5 Å². The third kappa shape index (κ3) is 5.70. The van der Waals surface area contributed by atoms with Gasteiger partial charge in [0.15, 0.2) is 6.61 Å². The van der Waals surface area contributed by atoms with E-state index in [1.54, 1.807) is 18.2 Å². The highest BCUT2D eigenvalue weighted by Gasteiger charge is 2.10. The SMILES string of the molecule is CSc1ccccc1NC(=O)COC(=O)CCc1ccc(F)cc1. The van der Waals surface area contributed by atoms with Gasteiger partial charge in [0.1, 0.15) is 5.82 Å². The third-order valence-corrected chi connectivity index (χ3v) is 4.07. The molecule has 2 rings (SSSR count). The predicted molar refractivity (Wildman–Crippen MR) is 92.5 cm³/mol. The molecule has 2 aromatic rings. The summed E-state index contributed by atoms with van der Waals surface area (Å²) in [5, 5.41) is 2.72. The number of benzene rings is 2. The fourth-order valence-corrected chi connectivity index (χ4v) is 2.60. The topological polar surface area (TPSA) is 55.4 Å². The van der Waals surface area contributed by atoms with Gasteiger partial charge in [0, 0.05) is 11.3 Å². The number of rotatable bonds is 7. The molecule has 0 atom stereocenters. The van der Waals surface area contributed by atoms with Crippen molar-refractivity contribution in [2.24, 2.45) is 0 Å². The Labute approximate surface area is 144 Å². The largest absolute Gasteiger partial charge is 0.456 e. The molecule has 0 aliphatic rings. The number of hydrogen-bond acceptors (Lipinski definition) is 4. The molecule has 2 aromatic carbocycles. The summed E-state index contributed by atoms with van der Waals surface area (Å²) in [5.74, 6) is -1.16. The number of esters is 1. The summed E-state index contributed by atoms with van der Waals surface area (Å²) in [6, 6.07) is 13.3. The van der Waals surface area contributed by atoms with E-state index in [9.17, 15) is 14.0 Å². The van der Waals surface area contributed by atoms with E-state index >= 15 is 0 Å². The van der Waals surface area contributed by atoms with E-state index in [0.29, 0.717) is 12.1 Å². The molecule has 0 saturated carbocycles. The quantitative estimate of drug-likeness (QED) is 0.613. The van der Waals surface area contributed by atoms with Gasteiger partial charge in [-0.05, 0) is 42.5 Å². The Bertz CT molecular complexity index is 704. The monoisotopic (exact) mass is 347 g/mol. The van der Waals surface area contributed by atoms with Gasteiger partial charge in [-0.1, -0.05) is 24.3 Å². The Kier molecular flexibility index (Phi) is 6.81. The fourth-order valence-electron chi connectivity index (χ4n) is 2.05. The van der Waals surface area contributed by atoms with E-state index in [0.717, 1.165) is 10.5 Å². The summed E-state index contributed by atoms with van der Waals surface area (Å²) in [4.78, 5) is 24.5. The Morgan fingerprint density at radius 3 is 2.54 bits per heavy atom. The highest BCUT2D eigenvalue weighted by Crippen LogP contribution is 2.24. The summed E-state index contributed by atoms with van der Waals surface area (Å²) >= 11 is 1.52. The number of carbonyl (C=O) groups excluding carboxylic acids is 2. The molecule has 1 N–H and O–H groups in total. The maximum Gasteiger partial charge on any atom is 0.306 e. The van der Waals surface area contributed by atoms with Crippen molar-refractivity contribution in [3.8, 4) is 0 Å². The minimum Gasteiger partial charge on any atom is -0.456 e. The molecule has 0 saturated heterocycles. The lowest BCUT2D eigenvalue weighted by Crippen LogP contribution is -2.21. The van der Waals surface area contributed by atoms with Gasteiger partial charge in [0.2, 0.25) is 0 Å². The Balaban J connectivity index is 1.74. The molecular weight excluding hydrogens is 329 g/mol.